The molecule has 2 heterocycles. The SMILES string of the molecule is N#CC1(c2ccc(Br)cc2Cl)CCN(OC(=O)Nc2n[nH]c3ccccc23)CC1. The Morgan fingerprint density at radius 1 is 1.31 bits per heavy atom. The first-order valence-electron chi connectivity index (χ1n) is 9.04. The summed E-state index contributed by atoms with van der Waals surface area (Å²) >= 11 is 9.77. The maximum Gasteiger partial charge on any atom is 0.432 e. The van der Waals surface area contributed by atoms with Crippen LogP contribution in [-0.4, -0.2) is 34.4 Å². The molecule has 2 aromatic carbocycles. The van der Waals surface area contributed by atoms with Gasteiger partial charge >= 0.3 is 6.09 Å². The molecule has 1 aliphatic rings. The van der Waals surface area contributed by atoms with Gasteiger partial charge in [0.15, 0.2) is 5.82 Å². The third kappa shape index (κ3) is 3.94. The molecule has 1 aliphatic heterocycles. The van der Waals surface area contributed by atoms with E-state index in [1.807, 2.05) is 36.4 Å². The molecular weight excluding hydrogens is 458 g/mol. The number of benzene rings is 2. The number of H-pyrrole nitrogens is 1. The van der Waals surface area contributed by atoms with Gasteiger partial charge in [0.2, 0.25) is 0 Å². The minimum atomic E-state index is -0.702. The lowest BCUT2D eigenvalue weighted by molar-refractivity contribution is -0.113. The van der Waals surface area contributed by atoms with Gasteiger partial charge in [-0.1, -0.05) is 45.7 Å². The van der Waals surface area contributed by atoms with Crippen molar-refractivity contribution in [3.05, 3.63) is 57.5 Å². The molecule has 0 bridgehead atoms. The summed E-state index contributed by atoms with van der Waals surface area (Å²) in [4.78, 5) is 17.7. The smallest absolute Gasteiger partial charge is 0.351 e. The zero-order valence-electron chi connectivity index (χ0n) is 15.3. The molecule has 0 unspecified atom stereocenters. The van der Waals surface area contributed by atoms with Gasteiger partial charge < -0.3 is 4.84 Å². The average Bonchev–Trinajstić information content (AvgIpc) is 3.12. The highest BCUT2D eigenvalue weighted by atomic mass is 79.9. The van der Waals surface area contributed by atoms with E-state index >= 15 is 0 Å². The second kappa shape index (κ2) is 8.03. The summed E-state index contributed by atoms with van der Waals surface area (Å²) in [6, 6.07) is 15.5. The van der Waals surface area contributed by atoms with E-state index in [2.05, 4.69) is 37.5 Å². The van der Waals surface area contributed by atoms with Crippen LogP contribution in [0.4, 0.5) is 10.6 Å². The van der Waals surface area contributed by atoms with Crippen LogP contribution in [0.15, 0.2) is 46.9 Å². The maximum absolute atomic E-state index is 12.3. The molecule has 1 aromatic heterocycles. The van der Waals surface area contributed by atoms with Crippen LogP contribution in [-0.2, 0) is 10.3 Å². The number of carbonyl (C=O) groups is 1. The lowest BCUT2D eigenvalue weighted by Crippen LogP contribution is -2.43. The summed E-state index contributed by atoms with van der Waals surface area (Å²) in [6.45, 7) is 0.851. The molecule has 9 heteroatoms. The van der Waals surface area contributed by atoms with Crippen LogP contribution in [0.1, 0.15) is 18.4 Å². The topological polar surface area (TPSA) is 94.0 Å². The second-order valence-electron chi connectivity index (χ2n) is 6.87. The highest BCUT2D eigenvalue weighted by Gasteiger charge is 2.39. The molecule has 0 atom stereocenters. The second-order valence-corrected chi connectivity index (χ2v) is 8.19. The van der Waals surface area contributed by atoms with Gasteiger partial charge in [-0.3, -0.25) is 10.4 Å². The zero-order valence-corrected chi connectivity index (χ0v) is 17.6. The number of nitrogens with one attached hydrogen (secondary N) is 2. The van der Waals surface area contributed by atoms with E-state index in [-0.39, 0.29) is 0 Å². The van der Waals surface area contributed by atoms with Crippen LogP contribution in [0.3, 0.4) is 0 Å². The van der Waals surface area contributed by atoms with E-state index in [0.717, 1.165) is 20.9 Å². The van der Waals surface area contributed by atoms with Crippen molar-refractivity contribution in [1.82, 2.24) is 15.3 Å². The highest BCUT2D eigenvalue weighted by Crippen LogP contribution is 2.39. The Labute approximate surface area is 180 Å². The summed E-state index contributed by atoms with van der Waals surface area (Å²) in [7, 11) is 0. The molecule has 148 valence electrons. The number of carbonyl (C=O) groups excluding carboxylic acids is 1. The molecule has 2 N–H and O–H groups in total. The summed E-state index contributed by atoms with van der Waals surface area (Å²) in [5.41, 5.74) is 0.926. The van der Waals surface area contributed by atoms with Gasteiger partial charge in [0.25, 0.3) is 0 Å². The number of aromatic amines is 1. The Kier molecular flexibility index (Phi) is 5.46. The first-order valence-corrected chi connectivity index (χ1v) is 10.2. The van der Waals surface area contributed by atoms with E-state index in [1.165, 1.54) is 0 Å². The first-order chi connectivity index (χ1) is 14.0. The van der Waals surface area contributed by atoms with E-state index in [1.54, 1.807) is 11.1 Å². The fourth-order valence-corrected chi connectivity index (χ4v) is 4.43. The number of halogens is 2. The Morgan fingerprint density at radius 2 is 2.07 bits per heavy atom. The number of aromatic nitrogens is 2. The van der Waals surface area contributed by atoms with Gasteiger partial charge in [0, 0.05) is 28.0 Å². The van der Waals surface area contributed by atoms with E-state index in [9.17, 15) is 10.1 Å². The van der Waals surface area contributed by atoms with Crippen molar-refractivity contribution >= 4 is 50.3 Å². The normalized spacial score (nSPS) is 16.3. The van der Waals surface area contributed by atoms with Gasteiger partial charge in [0.1, 0.15) is 0 Å². The van der Waals surface area contributed by atoms with Gasteiger partial charge in [0.05, 0.1) is 17.0 Å². The van der Waals surface area contributed by atoms with Crippen molar-refractivity contribution in [3.63, 3.8) is 0 Å². The van der Waals surface area contributed by atoms with Crippen molar-refractivity contribution in [1.29, 1.82) is 5.26 Å². The Morgan fingerprint density at radius 3 is 2.79 bits per heavy atom. The number of rotatable bonds is 3. The fraction of sp³-hybridized carbons (Fsp3) is 0.250. The van der Waals surface area contributed by atoms with E-state index in [0.29, 0.717) is 36.8 Å². The molecule has 3 aromatic rings. The van der Waals surface area contributed by atoms with Crippen LogP contribution >= 0.6 is 27.5 Å². The van der Waals surface area contributed by atoms with Gasteiger partial charge in [-0.05, 0) is 42.7 Å². The number of piperidine rings is 1. The minimum Gasteiger partial charge on any atom is -0.351 e. The van der Waals surface area contributed by atoms with E-state index < -0.39 is 11.5 Å². The fourth-order valence-electron chi connectivity index (χ4n) is 3.57. The van der Waals surface area contributed by atoms with Crippen LogP contribution < -0.4 is 5.32 Å². The molecule has 29 heavy (non-hydrogen) atoms. The molecule has 1 amide bonds. The quantitative estimate of drug-likeness (QED) is 0.557. The van der Waals surface area contributed by atoms with Gasteiger partial charge in [-0.15, -0.1) is 5.06 Å². The zero-order chi connectivity index (χ0) is 20.4. The average molecular weight is 475 g/mol. The third-order valence-corrected chi connectivity index (χ3v) is 5.95. The van der Waals surface area contributed by atoms with Crippen LogP contribution in [0.2, 0.25) is 5.02 Å². The number of hydroxylamine groups is 2. The lowest BCUT2D eigenvalue weighted by Gasteiger charge is -2.36. The summed E-state index contributed by atoms with van der Waals surface area (Å²) in [5, 5.41) is 22.4. The number of nitrogens with zero attached hydrogens (tertiary/aromatic N) is 3. The maximum atomic E-state index is 12.3. The van der Waals surface area contributed by atoms with Crippen molar-refractivity contribution < 1.29 is 9.63 Å². The predicted octanol–water partition coefficient (Wildman–Crippen LogP) is 5.00. The standard InChI is InChI=1S/C20H17BrClN5O2/c21-13-5-6-15(16(22)11-13)20(12-23)7-9-27(10-8-20)29-19(28)24-18-14-3-1-2-4-17(14)25-26-18/h1-6,11H,7-10H2,(H2,24,25,26,28). The Bertz CT molecular complexity index is 1100. The lowest BCUT2D eigenvalue weighted by atomic mass is 9.74. The molecular formula is C20H17BrClN5O2. The number of fused-ring (bicyclic) bond motifs is 1. The van der Waals surface area contributed by atoms with Crippen molar-refractivity contribution in [3.8, 4) is 6.07 Å². The monoisotopic (exact) mass is 473 g/mol. The number of amides is 1. The Balaban J connectivity index is 1.40. The number of hydrogen-bond donors (Lipinski definition) is 2. The van der Waals surface area contributed by atoms with Crippen LogP contribution in [0.25, 0.3) is 10.9 Å². The number of hydrogen-bond acceptors (Lipinski definition) is 5. The molecule has 1 fully saturated rings. The summed E-state index contributed by atoms with van der Waals surface area (Å²) in [5.74, 6) is 0.413. The Hall–Kier alpha value is -2.60. The van der Waals surface area contributed by atoms with Gasteiger partial charge in [-0.2, -0.15) is 10.4 Å². The number of para-hydroxylation sites is 1. The molecule has 0 spiro atoms. The molecule has 1 saturated heterocycles. The minimum absolute atomic E-state index is 0.413. The highest BCUT2D eigenvalue weighted by molar-refractivity contribution is 9.10. The largest absolute Gasteiger partial charge is 0.432 e. The number of nitriles is 1. The summed E-state index contributed by atoms with van der Waals surface area (Å²) in [6.07, 6.45) is 0.390. The first kappa shape index (κ1) is 19.7. The van der Waals surface area contributed by atoms with E-state index in [4.69, 9.17) is 16.4 Å². The molecule has 4 rings (SSSR count). The molecule has 7 nitrogen and oxygen atoms in total. The molecule has 0 radical (unpaired) electrons. The van der Waals surface area contributed by atoms with Crippen molar-refractivity contribution in [2.45, 2.75) is 18.3 Å². The van der Waals surface area contributed by atoms with Crippen LogP contribution in [0, 0.1) is 11.3 Å². The van der Waals surface area contributed by atoms with Crippen LogP contribution in [0.5, 0.6) is 0 Å². The number of anilines is 1. The van der Waals surface area contributed by atoms with Crippen molar-refractivity contribution in [2.75, 3.05) is 18.4 Å². The molecule has 0 aliphatic carbocycles. The van der Waals surface area contributed by atoms with Crippen molar-refractivity contribution in [2.24, 2.45) is 0 Å². The molecule has 0 saturated carbocycles. The third-order valence-electron chi connectivity index (χ3n) is 5.14. The summed E-state index contributed by atoms with van der Waals surface area (Å²) < 4.78 is 0.864. The predicted molar refractivity (Wildman–Crippen MR) is 113 cm³/mol. The van der Waals surface area contributed by atoms with Gasteiger partial charge in [-0.25, -0.2) is 4.79 Å².